The standard InChI is InChI=1S/C33H36N3/c1-20-10-12-24-25-15-22(18-33(2,3)4)11-13-27(25)36-28-17-23(14-21-8-6-7-9-21)16-26-30(28)32(29(20)31(24)36)35(5)19-34-26/h10-13,15-17,19,21H,6-9,14,18H2,1-5H3/q+1. The van der Waals surface area contributed by atoms with Gasteiger partial charge >= 0.3 is 0 Å². The van der Waals surface area contributed by atoms with Gasteiger partial charge in [-0.25, -0.2) is 4.57 Å². The zero-order valence-corrected chi connectivity index (χ0v) is 22.3. The number of benzene rings is 3. The minimum absolute atomic E-state index is 0.262. The summed E-state index contributed by atoms with van der Waals surface area (Å²) >= 11 is 0. The smallest absolute Gasteiger partial charge is 0.287 e. The molecule has 182 valence electrons. The van der Waals surface area contributed by atoms with Crippen LogP contribution in [0.2, 0.25) is 0 Å². The summed E-state index contributed by atoms with van der Waals surface area (Å²) in [5.74, 6) is 0.813. The van der Waals surface area contributed by atoms with Gasteiger partial charge in [0.1, 0.15) is 5.52 Å². The summed E-state index contributed by atoms with van der Waals surface area (Å²) in [6, 6.07) is 16.7. The van der Waals surface area contributed by atoms with Gasteiger partial charge in [-0.2, -0.15) is 0 Å². The van der Waals surface area contributed by atoms with E-state index in [1.807, 2.05) is 6.33 Å². The summed E-state index contributed by atoms with van der Waals surface area (Å²) in [7, 11) is 2.15. The van der Waals surface area contributed by atoms with Crippen molar-refractivity contribution in [1.82, 2.24) is 9.38 Å². The molecule has 1 aliphatic rings. The third kappa shape index (κ3) is 3.25. The molecule has 1 aliphatic carbocycles. The van der Waals surface area contributed by atoms with Crippen LogP contribution in [0.15, 0.2) is 48.8 Å². The van der Waals surface area contributed by atoms with Gasteiger partial charge in [-0.05, 0) is 77.0 Å². The fourth-order valence-electron chi connectivity index (χ4n) is 7.07. The van der Waals surface area contributed by atoms with Gasteiger partial charge in [-0.3, -0.25) is 0 Å². The van der Waals surface area contributed by atoms with E-state index in [-0.39, 0.29) is 5.41 Å². The highest BCUT2D eigenvalue weighted by atomic mass is 15.0. The molecule has 0 bridgehead atoms. The molecule has 0 radical (unpaired) electrons. The summed E-state index contributed by atoms with van der Waals surface area (Å²) in [5, 5.41) is 5.37. The van der Waals surface area contributed by atoms with Gasteiger partial charge in [0.2, 0.25) is 0 Å². The lowest BCUT2D eigenvalue weighted by Crippen LogP contribution is -2.30. The molecule has 3 heterocycles. The first-order valence-electron chi connectivity index (χ1n) is 13.7. The van der Waals surface area contributed by atoms with Crippen molar-refractivity contribution >= 4 is 49.1 Å². The van der Waals surface area contributed by atoms with E-state index in [1.54, 1.807) is 0 Å². The van der Waals surface area contributed by atoms with Gasteiger partial charge in [0.05, 0.1) is 29.0 Å². The van der Waals surface area contributed by atoms with Gasteiger partial charge in [-0.15, -0.1) is 0 Å². The highest BCUT2D eigenvalue weighted by Gasteiger charge is 2.25. The summed E-state index contributed by atoms with van der Waals surface area (Å²) < 4.78 is 4.79. The van der Waals surface area contributed by atoms with E-state index in [9.17, 15) is 0 Å². The molecule has 3 heteroatoms. The minimum atomic E-state index is 0.262. The highest BCUT2D eigenvalue weighted by molar-refractivity contribution is 6.25. The summed E-state index contributed by atoms with van der Waals surface area (Å²) in [4.78, 5) is 4.95. The van der Waals surface area contributed by atoms with Crippen LogP contribution < -0.4 is 4.57 Å². The zero-order valence-electron chi connectivity index (χ0n) is 22.3. The first kappa shape index (κ1) is 22.0. The third-order valence-electron chi connectivity index (χ3n) is 8.53. The van der Waals surface area contributed by atoms with E-state index in [0.29, 0.717) is 0 Å². The van der Waals surface area contributed by atoms with Crippen molar-refractivity contribution in [2.45, 2.75) is 66.2 Å². The molecule has 0 atom stereocenters. The Balaban J connectivity index is 1.64. The van der Waals surface area contributed by atoms with Crippen molar-refractivity contribution < 1.29 is 4.57 Å². The lowest BCUT2D eigenvalue weighted by molar-refractivity contribution is -0.646. The van der Waals surface area contributed by atoms with Crippen LogP contribution in [0.4, 0.5) is 0 Å². The predicted octanol–water partition coefficient (Wildman–Crippen LogP) is 7.84. The fourth-order valence-corrected chi connectivity index (χ4v) is 7.07. The minimum Gasteiger partial charge on any atom is -0.308 e. The number of hydrogen-bond acceptors (Lipinski definition) is 1. The van der Waals surface area contributed by atoms with Crippen LogP contribution in [0.25, 0.3) is 49.1 Å². The molecule has 6 aromatic rings. The predicted molar refractivity (Wildman–Crippen MR) is 151 cm³/mol. The average molecular weight is 475 g/mol. The van der Waals surface area contributed by atoms with E-state index in [0.717, 1.165) is 17.9 Å². The molecule has 3 aromatic carbocycles. The molecule has 0 saturated heterocycles. The highest BCUT2D eigenvalue weighted by Crippen LogP contribution is 2.41. The van der Waals surface area contributed by atoms with Gasteiger partial charge < -0.3 is 4.40 Å². The lowest BCUT2D eigenvalue weighted by atomic mass is 9.88. The molecule has 3 nitrogen and oxygen atoms in total. The Bertz CT molecular complexity index is 1790. The van der Waals surface area contributed by atoms with Crippen LogP contribution in [0.3, 0.4) is 0 Å². The normalized spacial score (nSPS) is 15.6. The zero-order chi connectivity index (χ0) is 24.8. The number of rotatable bonds is 3. The molecule has 0 amide bonds. The fraction of sp³-hybridized carbons (Fsp3) is 0.394. The molecular weight excluding hydrogens is 438 g/mol. The van der Waals surface area contributed by atoms with E-state index in [2.05, 4.69) is 86.2 Å². The van der Waals surface area contributed by atoms with E-state index in [4.69, 9.17) is 4.98 Å². The monoisotopic (exact) mass is 474 g/mol. The SMILES string of the molecule is Cc1ccc2c3cc(CC(C)(C)C)ccc3n3c4cc(CC5CCCC5)cc5nc[n+](C)c(c1c23)c54. The number of fused-ring (bicyclic) bond motifs is 5. The lowest BCUT2D eigenvalue weighted by Gasteiger charge is -2.18. The molecule has 0 spiro atoms. The van der Waals surface area contributed by atoms with Crippen LogP contribution >= 0.6 is 0 Å². The van der Waals surface area contributed by atoms with Crippen molar-refractivity contribution in [2.24, 2.45) is 18.4 Å². The van der Waals surface area contributed by atoms with Crippen molar-refractivity contribution in [2.75, 3.05) is 0 Å². The summed E-state index contributed by atoms with van der Waals surface area (Å²) in [6.07, 6.45) is 9.76. The van der Waals surface area contributed by atoms with Gasteiger partial charge in [0.25, 0.3) is 6.33 Å². The molecule has 0 unspecified atom stereocenters. The Morgan fingerprint density at radius 2 is 1.72 bits per heavy atom. The summed E-state index contributed by atoms with van der Waals surface area (Å²) in [5.41, 5.74) is 10.8. The Labute approximate surface area is 213 Å². The molecule has 36 heavy (non-hydrogen) atoms. The van der Waals surface area contributed by atoms with E-state index >= 15 is 0 Å². The van der Waals surface area contributed by atoms with E-state index in [1.165, 1.54) is 92.4 Å². The van der Waals surface area contributed by atoms with Crippen molar-refractivity contribution in [1.29, 1.82) is 0 Å². The summed E-state index contributed by atoms with van der Waals surface area (Å²) in [6.45, 7) is 9.23. The largest absolute Gasteiger partial charge is 0.308 e. The Hall–Kier alpha value is -3.20. The van der Waals surface area contributed by atoms with E-state index < -0.39 is 0 Å². The third-order valence-corrected chi connectivity index (χ3v) is 8.53. The number of pyridine rings is 1. The van der Waals surface area contributed by atoms with Crippen LogP contribution in [0, 0.1) is 18.3 Å². The quantitative estimate of drug-likeness (QED) is 0.145. The Morgan fingerprint density at radius 1 is 0.917 bits per heavy atom. The van der Waals surface area contributed by atoms with Gasteiger partial charge in [0.15, 0.2) is 5.52 Å². The molecular formula is C33H36N3+. The van der Waals surface area contributed by atoms with Crippen LogP contribution in [-0.2, 0) is 19.9 Å². The maximum Gasteiger partial charge on any atom is 0.287 e. The second-order valence-electron chi connectivity index (χ2n) is 12.6. The molecule has 1 saturated carbocycles. The van der Waals surface area contributed by atoms with Crippen LogP contribution in [-0.4, -0.2) is 9.38 Å². The Kier molecular flexibility index (Phi) is 4.68. The molecule has 7 rings (SSSR count). The Morgan fingerprint density at radius 3 is 2.50 bits per heavy atom. The van der Waals surface area contributed by atoms with Gasteiger partial charge in [-0.1, -0.05) is 64.7 Å². The first-order chi connectivity index (χ1) is 17.3. The molecule has 0 N–H and O–H groups in total. The molecule has 3 aromatic heterocycles. The van der Waals surface area contributed by atoms with Crippen molar-refractivity contribution in [3.8, 4) is 0 Å². The van der Waals surface area contributed by atoms with Crippen LogP contribution in [0.1, 0.15) is 63.1 Å². The maximum atomic E-state index is 4.95. The molecule has 0 aliphatic heterocycles. The second kappa shape index (κ2) is 7.65. The number of aromatic nitrogens is 3. The average Bonchev–Trinajstić information content (AvgIpc) is 3.44. The van der Waals surface area contributed by atoms with Gasteiger partial charge in [0, 0.05) is 16.2 Å². The maximum absolute atomic E-state index is 4.95. The molecule has 1 fully saturated rings. The topological polar surface area (TPSA) is 21.2 Å². The second-order valence-corrected chi connectivity index (χ2v) is 12.6. The first-order valence-corrected chi connectivity index (χ1v) is 13.7. The van der Waals surface area contributed by atoms with Crippen molar-refractivity contribution in [3.05, 3.63) is 65.5 Å². The number of hydrogen-bond donors (Lipinski definition) is 0. The number of nitrogens with zero attached hydrogens (tertiary/aromatic N) is 3. The van der Waals surface area contributed by atoms with Crippen molar-refractivity contribution in [3.63, 3.8) is 0 Å². The van der Waals surface area contributed by atoms with Crippen LogP contribution in [0.5, 0.6) is 0 Å². The number of aryl methyl sites for hydroxylation is 2.